The second kappa shape index (κ2) is 14.7. The molecule has 0 N–H and O–H groups in total. The summed E-state index contributed by atoms with van der Waals surface area (Å²) in [7, 11) is -1.32. The third-order valence-electron chi connectivity index (χ3n) is 6.50. The Labute approximate surface area is 235 Å². The predicted molar refractivity (Wildman–Crippen MR) is 172 cm³/mol. The van der Waals surface area contributed by atoms with E-state index in [1.807, 2.05) is 6.07 Å². The molecule has 5 aromatic carbocycles. The number of rotatable bonds is 12. The molecule has 0 saturated heterocycles. The maximum atomic E-state index is 6.12. The number of hydrogen-bond acceptors (Lipinski definition) is 1. The van der Waals surface area contributed by atoms with Crippen molar-refractivity contribution in [3.05, 3.63) is 168 Å². The molecule has 3 heteroatoms. The lowest BCUT2D eigenvalue weighted by Gasteiger charge is -2.25. The minimum Gasteiger partial charge on any atom is -0.377 e. The number of benzene rings is 5. The van der Waals surface area contributed by atoms with Crippen molar-refractivity contribution in [1.29, 1.82) is 0 Å². The van der Waals surface area contributed by atoms with Crippen LogP contribution in [0.5, 0.6) is 0 Å². The van der Waals surface area contributed by atoms with Crippen LogP contribution in [-0.2, 0) is 11.3 Å². The highest BCUT2D eigenvalue weighted by Gasteiger charge is 2.21. The van der Waals surface area contributed by atoms with E-state index in [4.69, 9.17) is 4.74 Å². The molecule has 0 atom stereocenters. The summed E-state index contributed by atoms with van der Waals surface area (Å²) < 4.78 is 6.12. The van der Waals surface area contributed by atoms with Crippen LogP contribution in [0.15, 0.2) is 163 Å². The zero-order valence-corrected chi connectivity index (χ0v) is 23.9. The molecule has 5 rings (SSSR count). The lowest BCUT2D eigenvalue weighted by Crippen LogP contribution is -2.15. The Bertz CT molecular complexity index is 1330. The van der Waals surface area contributed by atoms with Crippen LogP contribution in [-0.4, -0.2) is 6.61 Å². The Balaban J connectivity index is 1.50. The van der Waals surface area contributed by atoms with E-state index in [0.717, 1.165) is 19.4 Å². The van der Waals surface area contributed by atoms with Crippen LogP contribution < -0.4 is 21.2 Å². The first-order chi connectivity index (χ1) is 19.4. The van der Waals surface area contributed by atoms with E-state index in [9.17, 15) is 0 Å². The topological polar surface area (TPSA) is 9.23 Å². The fourth-order valence-corrected chi connectivity index (χ4v) is 9.71. The summed E-state index contributed by atoms with van der Waals surface area (Å²) in [6.45, 7) is 1.40. The van der Waals surface area contributed by atoms with E-state index in [2.05, 4.69) is 151 Å². The zero-order chi connectivity index (χ0) is 26.5. The number of hydrogen-bond donors (Lipinski definition) is 0. The van der Waals surface area contributed by atoms with Gasteiger partial charge in [-0.1, -0.05) is 152 Å². The fourth-order valence-electron chi connectivity index (χ4n) is 4.61. The molecule has 0 aliphatic heterocycles. The zero-order valence-electron chi connectivity index (χ0n) is 22.1. The van der Waals surface area contributed by atoms with Crippen molar-refractivity contribution in [1.82, 2.24) is 0 Å². The molecule has 0 amide bonds. The molecule has 39 heavy (non-hydrogen) atoms. The van der Waals surface area contributed by atoms with Gasteiger partial charge in [0.1, 0.15) is 0 Å². The predicted octanol–water partition coefficient (Wildman–Crippen LogP) is 8.09. The Hall–Kier alpha value is -3.34. The SMILES string of the molecule is C(=C(/CCCOCc1ccccc1)P(c1ccccc1)c1ccccc1)/P(c1ccccc1)c1ccccc1. The first-order valence-corrected chi connectivity index (χ1v) is 16.3. The normalized spacial score (nSPS) is 11.7. The maximum absolute atomic E-state index is 6.12. The molecular formula is C36H34OP2. The van der Waals surface area contributed by atoms with Crippen molar-refractivity contribution >= 4 is 37.1 Å². The van der Waals surface area contributed by atoms with Gasteiger partial charge in [-0.15, -0.1) is 0 Å². The van der Waals surface area contributed by atoms with Crippen LogP contribution >= 0.6 is 15.8 Å². The van der Waals surface area contributed by atoms with Crippen LogP contribution in [0.4, 0.5) is 0 Å². The highest BCUT2D eigenvalue weighted by atomic mass is 31.1. The molecule has 0 spiro atoms. The summed E-state index contributed by atoms with van der Waals surface area (Å²) in [5.41, 5.74) is 1.22. The third-order valence-corrected chi connectivity index (χ3v) is 11.5. The largest absolute Gasteiger partial charge is 0.377 e. The Morgan fingerprint density at radius 2 is 0.923 bits per heavy atom. The lowest BCUT2D eigenvalue weighted by molar-refractivity contribution is 0.119. The lowest BCUT2D eigenvalue weighted by atomic mass is 10.2. The number of allylic oxidation sites excluding steroid dienone is 1. The summed E-state index contributed by atoms with van der Waals surface area (Å²) in [6.07, 6.45) is 1.99. The summed E-state index contributed by atoms with van der Waals surface area (Å²) >= 11 is 0. The Morgan fingerprint density at radius 1 is 0.513 bits per heavy atom. The van der Waals surface area contributed by atoms with Gasteiger partial charge < -0.3 is 4.74 Å². The summed E-state index contributed by atoms with van der Waals surface area (Å²) in [5, 5.41) is 7.07. The molecule has 0 aromatic heterocycles. The van der Waals surface area contributed by atoms with Gasteiger partial charge in [-0.3, -0.25) is 0 Å². The smallest absolute Gasteiger partial charge is 0.0716 e. The van der Waals surface area contributed by atoms with Gasteiger partial charge in [0.25, 0.3) is 0 Å². The minimum atomic E-state index is -0.670. The molecule has 0 heterocycles. The van der Waals surface area contributed by atoms with Gasteiger partial charge in [-0.05, 0) is 66.6 Å². The van der Waals surface area contributed by atoms with Crippen LogP contribution in [0, 0.1) is 0 Å². The molecule has 0 saturated carbocycles. The van der Waals surface area contributed by atoms with Gasteiger partial charge in [0.15, 0.2) is 0 Å². The van der Waals surface area contributed by atoms with Crippen molar-refractivity contribution in [2.75, 3.05) is 6.61 Å². The van der Waals surface area contributed by atoms with Gasteiger partial charge in [-0.25, -0.2) is 0 Å². The monoisotopic (exact) mass is 544 g/mol. The van der Waals surface area contributed by atoms with Crippen molar-refractivity contribution in [3.63, 3.8) is 0 Å². The number of ether oxygens (including phenoxy) is 1. The molecule has 5 aromatic rings. The van der Waals surface area contributed by atoms with Crippen molar-refractivity contribution in [2.24, 2.45) is 0 Å². The summed E-state index contributed by atoms with van der Waals surface area (Å²) in [6, 6.07) is 54.5. The molecule has 0 unspecified atom stereocenters. The van der Waals surface area contributed by atoms with Gasteiger partial charge in [0.05, 0.1) is 6.61 Å². The van der Waals surface area contributed by atoms with E-state index in [1.54, 1.807) is 0 Å². The second-order valence-electron chi connectivity index (χ2n) is 9.31. The average Bonchev–Trinajstić information content (AvgIpc) is 3.02. The first-order valence-electron chi connectivity index (χ1n) is 13.5. The van der Waals surface area contributed by atoms with E-state index < -0.39 is 15.8 Å². The maximum Gasteiger partial charge on any atom is 0.0716 e. The molecule has 194 valence electrons. The molecule has 0 aliphatic rings. The highest BCUT2D eigenvalue weighted by Crippen LogP contribution is 2.50. The van der Waals surface area contributed by atoms with Crippen LogP contribution in [0.25, 0.3) is 0 Å². The van der Waals surface area contributed by atoms with Crippen LogP contribution in [0.2, 0.25) is 0 Å². The second-order valence-corrected chi connectivity index (χ2v) is 13.6. The minimum absolute atomic E-state index is 0.651. The molecule has 0 aliphatic carbocycles. The van der Waals surface area contributed by atoms with Gasteiger partial charge in [0.2, 0.25) is 0 Å². The molecule has 0 radical (unpaired) electrons. The summed E-state index contributed by atoms with van der Waals surface area (Å²) in [4.78, 5) is 0. The van der Waals surface area contributed by atoms with E-state index in [1.165, 1.54) is 32.1 Å². The van der Waals surface area contributed by atoms with E-state index >= 15 is 0 Å². The van der Waals surface area contributed by atoms with Crippen LogP contribution in [0.1, 0.15) is 18.4 Å². The van der Waals surface area contributed by atoms with Gasteiger partial charge in [-0.2, -0.15) is 0 Å². The molecular weight excluding hydrogens is 510 g/mol. The van der Waals surface area contributed by atoms with Crippen molar-refractivity contribution < 1.29 is 4.74 Å². The molecule has 1 nitrogen and oxygen atoms in total. The van der Waals surface area contributed by atoms with E-state index in [0.29, 0.717) is 6.61 Å². The Kier molecular flexibility index (Phi) is 10.3. The van der Waals surface area contributed by atoms with Crippen LogP contribution in [0.3, 0.4) is 0 Å². The molecule has 0 fully saturated rings. The van der Waals surface area contributed by atoms with Gasteiger partial charge >= 0.3 is 0 Å². The van der Waals surface area contributed by atoms with Gasteiger partial charge in [0, 0.05) is 6.61 Å². The van der Waals surface area contributed by atoms with E-state index in [-0.39, 0.29) is 0 Å². The summed E-state index contributed by atoms with van der Waals surface area (Å²) in [5.74, 6) is 2.61. The highest BCUT2D eigenvalue weighted by molar-refractivity contribution is 7.80. The van der Waals surface area contributed by atoms with Crippen molar-refractivity contribution in [2.45, 2.75) is 19.4 Å². The third kappa shape index (κ3) is 7.84. The quantitative estimate of drug-likeness (QED) is 0.114. The molecule has 0 bridgehead atoms. The fraction of sp³-hybridized carbons (Fsp3) is 0.111. The van der Waals surface area contributed by atoms with Crippen molar-refractivity contribution in [3.8, 4) is 0 Å². The standard InChI is InChI=1S/C36H34OP2/c1-6-17-31(18-7-1)29-37-28-16-27-36(39(34-23-12-4-13-24-34)35-25-14-5-15-26-35)30-38(32-19-8-2-9-20-32)33-21-10-3-11-22-33/h1-15,17-26,30H,16,27-29H2/b36-30+. The Morgan fingerprint density at radius 3 is 1.38 bits per heavy atom. The first kappa shape index (κ1) is 27.2. The average molecular weight is 545 g/mol.